The molecule has 1 aromatic rings. The van der Waals surface area contributed by atoms with Crippen LogP contribution in [0.5, 0.6) is 5.75 Å². The Hall–Kier alpha value is -1.77. The van der Waals surface area contributed by atoms with E-state index < -0.39 is 5.97 Å². The minimum absolute atomic E-state index is 0.235. The molecule has 0 aliphatic carbocycles. The van der Waals surface area contributed by atoms with Crippen LogP contribution in [-0.4, -0.2) is 19.2 Å². The van der Waals surface area contributed by atoms with E-state index in [1.807, 2.05) is 31.2 Å². The molecule has 0 radical (unpaired) electrons. The van der Waals surface area contributed by atoms with Crippen LogP contribution in [0.15, 0.2) is 36.9 Å². The summed E-state index contributed by atoms with van der Waals surface area (Å²) in [5, 5.41) is 0. The maximum absolute atomic E-state index is 10.7. The van der Waals surface area contributed by atoms with Crippen molar-refractivity contribution in [1.82, 2.24) is 0 Å². The number of benzene rings is 1. The van der Waals surface area contributed by atoms with Crippen LogP contribution in [0.1, 0.15) is 5.56 Å². The van der Waals surface area contributed by atoms with Gasteiger partial charge in [-0.05, 0) is 19.1 Å². The van der Waals surface area contributed by atoms with Crippen molar-refractivity contribution < 1.29 is 14.3 Å². The molecule has 15 heavy (non-hydrogen) atoms. The van der Waals surface area contributed by atoms with E-state index >= 15 is 0 Å². The number of carbonyl (C=O) groups excluding carboxylic acids is 1. The summed E-state index contributed by atoms with van der Waals surface area (Å²) in [7, 11) is 0. The molecule has 3 nitrogen and oxygen atoms in total. The molecule has 0 atom stereocenters. The maximum atomic E-state index is 10.7. The fourth-order valence-electron chi connectivity index (χ4n) is 0.995. The Morgan fingerprint density at radius 2 is 2.00 bits per heavy atom. The molecule has 0 aromatic heterocycles. The highest BCUT2D eigenvalue weighted by Crippen LogP contribution is 2.10. The molecule has 0 fully saturated rings. The molecule has 1 aromatic carbocycles. The SMILES string of the molecule is C=CC(=O)OCCOc1ccc(C)cc1. The second-order valence-corrected chi connectivity index (χ2v) is 3.03. The normalized spacial score (nSPS) is 9.40. The van der Waals surface area contributed by atoms with E-state index in [1.165, 1.54) is 5.56 Å². The van der Waals surface area contributed by atoms with E-state index in [4.69, 9.17) is 9.47 Å². The Bertz CT molecular complexity index is 327. The van der Waals surface area contributed by atoms with Crippen molar-refractivity contribution in [3.8, 4) is 5.75 Å². The van der Waals surface area contributed by atoms with Crippen molar-refractivity contribution >= 4 is 5.97 Å². The van der Waals surface area contributed by atoms with E-state index in [0.717, 1.165) is 11.8 Å². The third kappa shape index (κ3) is 4.31. The first-order chi connectivity index (χ1) is 7.22. The number of ether oxygens (including phenoxy) is 2. The lowest BCUT2D eigenvalue weighted by Gasteiger charge is -2.06. The molecule has 0 amide bonds. The molecule has 0 aliphatic heterocycles. The van der Waals surface area contributed by atoms with Gasteiger partial charge in [0.1, 0.15) is 19.0 Å². The molecular formula is C12H14O3. The minimum atomic E-state index is -0.428. The van der Waals surface area contributed by atoms with E-state index in [9.17, 15) is 4.79 Å². The van der Waals surface area contributed by atoms with Crippen molar-refractivity contribution in [3.05, 3.63) is 42.5 Å². The highest BCUT2D eigenvalue weighted by Gasteiger charge is 1.96. The lowest BCUT2D eigenvalue weighted by Crippen LogP contribution is -2.10. The summed E-state index contributed by atoms with van der Waals surface area (Å²) in [6.45, 7) is 5.89. The number of aryl methyl sites for hydroxylation is 1. The Morgan fingerprint density at radius 3 is 2.60 bits per heavy atom. The van der Waals surface area contributed by atoms with E-state index in [1.54, 1.807) is 0 Å². The molecular weight excluding hydrogens is 192 g/mol. The predicted molar refractivity (Wildman–Crippen MR) is 57.8 cm³/mol. The van der Waals surface area contributed by atoms with Crippen molar-refractivity contribution in [3.63, 3.8) is 0 Å². The fourth-order valence-corrected chi connectivity index (χ4v) is 0.995. The molecule has 0 heterocycles. The Labute approximate surface area is 89.3 Å². The highest BCUT2D eigenvalue weighted by atomic mass is 16.6. The van der Waals surface area contributed by atoms with Crippen LogP contribution in [-0.2, 0) is 9.53 Å². The zero-order valence-electron chi connectivity index (χ0n) is 8.73. The van der Waals surface area contributed by atoms with Crippen LogP contribution in [0.25, 0.3) is 0 Å². The summed E-state index contributed by atoms with van der Waals surface area (Å²) in [5.41, 5.74) is 1.18. The van der Waals surface area contributed by atoms with Gasteiger partial charge in [-0.3, -0.25) is 0 Å². The van der Waals surface area contributed by atoms with Crippen LogP contribution in [0, 0.1) is 6.92 Å². The van der Waals surface area contributed by atoms with Gasteiger partial charge in [0.2, 0.25) is 0 Å². The van der Waals surface area contributed by atoms with Crippen molar-refractivity contribution in [2.75, 3.05) is 13.2 Å². The van der Waals surface area contributed by atoms with Crippen LogP contribution in [0.4, 0.5) is 0 Å². The van der Waals surface area contributed by atoms with E-state index in [-0.39, 0.29) is 6.61 Å². The molecule has 0 saturated carbocycles. The highest BCUT2D eigenvalue weighted by molar-refractivity contribution is 5.81. The van der Waals surface area contributed by atoms with Crippen molar-refractivity contribution in [2.45, 2.75) is 6.92 Å². The van der Waals surface area contributed by atoms with Crippen LogP contribution in [0.3, 0.4) is 0 Å². The number of rotatable bonds is 5. The van der Waals surface area contributed by atoms with Gasteiger partial charge in [-0.15, -0.1) is 0 Å². The molecule has 3 heteroatoms. The third-order valence-corrected chi connectivity index (χ3v) is 1.78. The van der Waals surface area contributed by atoms with Gasteiger partial charge in [-0.1, -0.05) is 24.3 Å². The lowest BCUT2D eigenvalue weighted by atomic mass is 10.2. The van der Waals surface area contributed by atoms with Gasteiger partial charge in [0.05, 0.1) is 0 Å². The van der Waals surface area contributed by atoms with Gasteiger partial charge in [0, 0.05) is 6.08 Å². The summed E-state index contributed by atoms with van der Waals surface area (Å²) in [6.07, 6.45) is 1.13. The summed E-state index contributed by atoms with van der Waals surface area (Å²) < 4.78 is 10.1. The average Bonchev–Trinajstić information content (AvgIpc) is 2.26. The van der Waals surface area contributed by atoms with Gasteiger partial charge < -0.3 is 9.47 Å². The predicted octanol–water partition coefficient (Wildman–Crippen LogP) is 2.10. The van der Waals surface area contributed by atoms with Crippen molar-refractivity contribution in [2.24, 2.45) is 0 Å². The number of hydrogen-bond donors (Lipinski definition) is 0. The standard InChI is InChI=1S/C12H14O3/c1-3-12(13)15-9-8-14-11-6-4-10(2)5-7-11/h3-7H,1,8-9H2,2H3. The van der Waals surface area contributed by atoms with Crippen LogP contribution >= 0.6 is 0 Å². The summed E-state index contributed by atoms with van der Waals surface area (Å²) in [6, 6.07) is 7.69. The molecule has 0 unspecified atom stereocenters. The number of carbonyl (C=O) groups is 1. The van der Waals surface area contributed by atoms with Gasteiger partial charge >= 0.3 is 5.97 Å². The number of hydrogen-bond acceptors (Lipinski definition) is 3. The Morgan fingerprint density at radius 1 is 1.33 bits per heavy atom. The molecule has 0 aliphatic rings. The van der Waals surface area contributed by atoms with Gasteiger partial charge in [-0.25, -0.2) is 4.79 Å². The third-order valence-electron chi connectivity index (χ3n) is 1.78. The second kappa shape index (κ2) is 5.86. The fraction of sp³-hybridized carbons (Fsp3) is 0.250. The molecule has 0 saturated heterocycles. The van der Waals surface area contributed by atoms with Crippen LogP contribution < -0.4 is 4.74 Å². The first-order valence-corrected chi connectivity index (χ1v) is 4.71. The molecule has 1 rings (SSSR count). The van der Waals surface area contributed by atoms with Crippen LogP contribution in [0.2, 0.25) is 0 Å². The summed E-state index contributed by atoms with van der Waals surface area (Å²) in [5.74, 6) is 0.345. The first-order valence-electron chi connectivity index (χ1n) is 4.71. The Kier molecular flexibility index (Phi) is 4.41. The van der Waals surface area contributed by atoms with Crippen molar-refractivity contribution in [1.29, 1.82) is 0 Å². The quantitative estimate of drug-likeness (QED) is 0.420. The van der Waals surface area contributed by atoms with Gasteiger partial charge in [0.25, 0.3) is 0 Å². The zero-order valence-corrected chi connectivity index (χ0v) is 8.73. The molecule has 0 N–H and O–H groups in total. The topological polar surface area (TPSA) is 35.5 Å². The molecule has 0 spiro atoms. The lowest BCUT2D eigenvalue weighted by molar-refractivity contribution is -0.138. The monoisotopic (exact) mass is 206 g/mol. The van der Waals surface area contributed by atoms with E-state index in [2.05, 4.69) is 6.58 Å². The summed E-state index contributed by atoms with van der Waals surface area (Å²) in [4.78, 5) is 10.7. The smallest absolute Gasteiger partial charge is 0.330 e. The van der Waals surface area contributed by atoms with E-state index in [0.29, 0.717) is 6.61 Å². The average molecular weight is 206 g/mol. The summed E-state index contributed by atoms with van der Waals surface area (Å²) >= 11 is 0. The largest absolute Gasteiger partial charge is 0.490 e. The van der Waals surface area contributed by atoms with Gasteiger partial charge in [0.15, 0.2) is 0 Å². The number of esters is 1. The maximum Gasteiger partial charge on any atom is 0.330 e. The molecule has 0 bridgehead atoms. The zero-order chi connectivity index (χ0) is 11.1. The molecule has 80 valence electrons. The Balaban J connectivity index is 2.23. The first kappa shape index (κ1) is 11.3. The second-order valence-electron chi connectivity index (χ2n) is 3.03. The minimum Gasteiger partial charge on any atom is -0.490 e. The van der Waals surface area contributed by atoms with Gasteiger partial charge in [-0.2, -0.15) is 0 Å².